The number of nitrogens with two attached hydrogens (primary N) is 1. The number of methoxy groups -OCH3 is 1. The fraction of sp³-hybridized carbons (Fsp3) is 0.462. The van der Waals surface area contributed by atoms with E-state index < -0.39 is 0 Å². The van der Waals surface area contributed by atoms with Gasteiger partial charge in [-0.1, -0.05) is 6.92 Å². The maximum atomic E-state index is 13.0. The van der Waals surface area contributed by atoms with Crippen LogP contribution in [0.15, 0.2) is 29.3 Å². The summed E-state index contributed by atoms with van der Waals surface area (Å²) in [6.45, 7) is 3.20. The molecule has 1 unspecified atom stereocenters. The predicted molar refractivity (Wildman–Crippen MR) is 70.3 cm³/mol. The van der Waals surface area contributed by atoms with Crippen molar-refractivity contribution in [2.75, 3.05) is 25.2 Å². The van der Waals surface area contributed by atoms with Crippen molar-refractivity contribution in [3.05, 3.63) is 30.1 Å². The van der Waals surface area contributed by atoms with Crippen LogP contribution in [0.1, 0.15) is 13.3 Å². The summed E-state index contributed by atoms with van der Waals surface area (Å²) in [7, 11) is 1.66. The third-order valence-electron chi connectivity index (χ3n) is 3.39. The molecular formula is C13H18FN3O. The van der Waals surface area contributed by atoms with E-state index in [9.17, 15) is 4.39 Å². The third kappa shape index (κ3) is 2.06. The maximum Gasteiger partial charge on any atom is 0.196 e. The van der Waals surface area contributed by atoms with Crippen molar-refractivity contribution in [3.63, 3.8) is 0 Å². The molecule has 1 atom stereocenters. The van der Waals surface area contributed by atoms with Crippen molar-refractivity contribution in [2.24, 2.45) is 10.7 Å². The Hall–Kier alpha value is -1.62. The Morgan fingerprint density at radius 3 is 2.67 bits per heavy atom. The molecule has 2 N–H and O–H groups in total. The summed E-state index contributed by atoms with van der Waals surface area (Å²) in [6, 6.07) is 6.27. The molecule has 1 aliphatic rings. The highest BCUT2D eigenvalue weighted by Crippen LogP contribution is 2.31. The van der Waals surface area contributed by atoms with E-state index in [1.165, 1.54) is 12.1 Å². The summed E-state index contributed by atoms with van der Waals surface area (Å²) >= 11 is 0. The Labute approximate surface area is 106 Å². The highest BCUT2D eigenvalue weighted by atomic mass is 19.1. The van der Waals surface area contributed by atoms with Crippen LogP contribution < -0.4 is 10.6 Å². The molecule has 1 aromatic rings. The van der Waals surface area contributed by atoms with Gasteiger partial charge in [-0.05, 0) is 30.7 Å². The molecule has 5 heteroatoms. The van der Waals surface area contributed by atoms with Crippen LogP contribution in [0.25, 0.3) is 0 Å². The number of nitrogens with zero attached hydrogens (tertiary/aromatic N) is 2. The molecule has 0 amide bonds. The van der Waals surface area contributed by atoms with Crippen LogP contribution in [0.4, 0.5) is 10.1 Å². The highest BCUT2D eigenvalue weighted by Gasteiger charge is 2.41. The van der Waals surface area contributed by atoms with Gasteiger partial charge in [-0.2, -0.15) is 0 Å². The largest absolute Gasteiger partial charge is 0.382 e. The van der Waals surface area contributed by atoms with Crippen molar-refractivity contribution in [2.45, 2.75) is 18.9 Å². The van der Waals surface area contributed by atoms with Gasteiger partial charge in [0.1, 0.15) is 5.82 Å². The molecule has 4 nitrogen and oxygen atoms in total. The lowest BCUT2D eigenvalue weighted by atomic mass is 9.95. The molecule has 0 radical (unpaired) electrons. The molecule has 0 saturated carbocycles. The third-order valence-corrected chi connectivity index (χ3v) is 3.39. The van der Waals surface area contributed by atoms with Crippen molar-refractivity contribution >= 4 is 11.6 Å². The quantitative estimate of drug-likeness (QED) is 0.887. The van der Waals surface area contributed by atoms with Crippen LogP contribution in [0.2, 0.25) is 0 Å². The summed E-state index contributed by atoms with van der Waals surface area (Å²) in [4.78, 5) is 6.25. The molecule has 0 aromatic heterocycles. The number of anilines is 1. The summed E-state index contributed by atoms with van der Waals surface area (Å²) in [6.07, 6.45) is 0.850. The molecule has 0 bridgehead atoms. The lowest BCUT2D eigenvalue weighted by Crippen LogP contribution is -2.54. The maximum absolute atomic E-state index is 13.0. The number of hydrogen-bond donors (Lipinski definition) is 1. The second kappa shape index (κ2) is 4.94. The first kappa shape index (κ1) is 12.8. The average Bonchev–Trinajstić information content (AvgIpc) is 2.69. The number of rotatable bonds is 4. The van der Waals surface area contributed by atoms with E-state index in [1.54, 1.807) is 19.2 Å². The fourth-order valence-corrected chi connectivity index (χ4v) is 2.36. The molecule has 0 spiro atoms. The van der Waals surface area contributed by atoms with E-state index in [4.69, 9.17) is 10.5 Å². The molecule has 18 heavy (non-hydrogen) atoms. The first-order chi connectivity index (χ1) is 8.63. The van der Waals surface area contributed by atoms with E-state index in [2.05, 4.69) is 11.9 Å². The Morgan fingerprint density at radius 2 is 2.11 bits per heavy atom. The fourth-order valence-electron chi connectivity index (χ4n) is 2.36. The minimum atomic E-state index is -0.267. The van der Waals surface area contributed by atoms with E-state index in [0.717, 1.165) is 12.1 Å². The van der Waals surface area contributed by atoms with E-state index in [0.29, 0.717) is 19.1 Å². The Kier molecular flexibility index (Phi) is 3.52. The standard InChI is InChI=1S/C13H18FN3O/c1-3-13(9-18-2)8-16-12(15)17(13)11-6-4-10(14)5-7-11/h4-7H,3,8-9H2,1-2H3,(H2,15,16). The van der Waals surface area contributed by atoms with Crippen molar-refractivity contribution in [1.29, 1.82) is 0 Å². The summed E-state index contributed by atoms with van der Waals surface area (Å²) in [5.74, 6) is 0.197. The van der Waals surface area contributed by atoms with Crippen LogP contribution in [-0.2, 0) is 4.74 Å². The molecular weight excluding hydrogens is 233 g/mol. The average molecular weight is 251 g/mol. The van der Waals surface area contributed by atoms with Gasteiger partial charge in [-0.15, -0.1) is 0 Å². The van der Waals surface area contributed by atoms with Crippen molar-refractivity contribution in [1.82, 2.24) is 0 Å². The first-order valence-electron chi connectivity index (χ1n) is 5.97. The summed E-state index contributed by atoms with van der Waals surface area (Å²) in [5, 5.41) is 0. The Morgan fingerprint density at radius 1 is 1.44 bits per heavy atom. The minimum absolute atomic E-state index is 0.262. The summed E-state index contributed by atoms with van der Waals surface area (Å²) < 4.78 is 18.3. The molecule has 1 aromatic carbocycles. The zero-order valence-corrected chi connectivity index (χ0v) is 10.7. The minimum Gasteiger partial charge on any atom is -0.382 e. The van der Waals surface area contributed by atoms with Gasteiger partial charge < -0.3 is 15.4 Å². The Bertz CT molecular complexity index is 446. The number of hydrogen-bond acceptors (Lipinski definition) is 4. The number of benzene rings is 1. The van der Waals surface area contributed by atoms with Crippen LogP contribution in [0.3, 0.4) is 0 Å². The SMILES string of the molecule is CCC1(COC)CN=C(N)N1c1ccc(F)cc1. The predicted octanol–water partition coefficient (Wildman–Crippen LogP) is 1.76. The normalized spacial score (nSPS) is 23.3. The second-order valence-electron chi connectivity index (χ2n) is 4.50. The van der Waals surface area contributed by atoms with Gasteiger partial charge in [0, 0.05) is 12.8 Å². The number of aliphatic imine (C=N–C) groups is 1. The van der Waals surface area contributed by atoms with Crippen LogP contribution >= 0.6 is 0 Å². The van der Waals surface area contributed by atoms with Crippen molar-refractivity contribution < 1.29 is 9.13 Å². The van der Waals surface area contributed by atoms with Gasteiger partial charge in [0.25, 0.3) is 0 Å². The van der Waals surface area contributed by atoms with Gasteiger partial charge in [0.2, 0.25) is 0 Å². The van der Waals surface area contributed by atoms with Crippen LogP contribution in [-0.4, -0.2) is 31.8 Å². The molecule has 0 fully saturated rings. The van der Waals surface area contributed by atoms with Gasteiger partial charge in [-0.3, -0.25) is 4.99 Å². The summed E-state index contributed by atoms with van der Waals surface area (Å²) in [5.41, 5.74) is 6.53. The van der Waals surface area contributed by atoms with Gasteiger partial charge in [0.15, 0.2) is 5.96 Å². The van der Waals surface area contributed by atoms with Crippen LogP contribution in [0.5, 0.6) is 0 Å². The Balaban J connectivity index is 2.37. The molecule has 0 saturated heterocycles. The number of halogens is 1. The molecule has 2 rings (SSSR count). The lowest BCUT2D eigenvalue weighted by molar-refractivity contribution is 0.138. The van der Waals surface area contributed by atoms with Gasteiger partial charge >= 0.3 is 0 Å². The molecule has 98 valence electrons. The molecule has 0 aliphatic carbocycles. The van der Waals surface area contributed by atoms with Gasteiger partial charge in [0.05, 0.1) is 18.7 Å². The zero-order chi connectivity index (χ0) is 13.2. The number of guanidine groups is 1. The van der Waals surface area contributed by atoms with E-state index >= 15 is 0 Å². The monoisotopic (exact) mass is 251 g/mol. The van der Waals surface area contributed by atoms with Crippen molar-refractivity contribution in [3.8, 4) is 0 Å². The lowest BCUT2D eigenvalue weighted by Gasteiger charge is -2.38. The van der Waals surface area contributed by atoms with E-state index in [1.807, 2.05) is 4.90 Å². The highest BCUT2D eigenvalue weighted by molar-refractivity contribution is 5.98. The first-order valence-corrected chi connectivity index (χ1v) is 5.97. The zero-order valence-electron chi connectivity index (χ0n) is 10.7. The molecule has 1 aliphatic heterocycles. The number of ether oxygens (including phenoxy) is 1. The molecule has 1 heterocycles. The topological polar surface area (TPSA) is 50.9 Å². The smallest absolute Gasteiger partial charge is 0.196 e. The second-order valence-corrected chi connectivity index (χ2v) is 4.50. The van der Waals surface area contributed by atoms with E-state index in [-0.39, 0.29) is 11.4 Å². The van der Waals surface area contributed by atoms with Crippen LogP contribution in [0, 0.1) is 5.82 Å². The van der Waals surface area contributed by atoms with Gasteiger partial charge in [-0.25, -0.2) is 4.39 Å².